The first-order chi connectivity index (χ1) is 7.24. The van der Waals surface area contributed by atoms with Crippen LogP contribution < -0.4 is 5.73 Å². The Hall–Kier alpha value is -2.48. The number of nitrogens with zero attached hydrogens (tertiary/aromatic N) is 3. The Morgan fingerprint density at radius 3 is 2.67 bits per heavy atom. The normalized spacial score (nSPS) is 11.3. The highest BCUT2D eigenvalue weighted by Crippen LogP contribution is 1.97. The molecule has 0 atom stereocenters. The number of hydrogen-bond acceptors (Lipinski definition) is 3. The van der Waals surface area contributed by atoms with Gasteiger partial charge in [0, 0.05) is 5.56 Å². The first kappa shape index (κ1) is 10.6. The van der Waals surface area contributed by atoms with Gasteiger partial charge in [-0.05, 0) is 0 Å². The molecule has 1 aromatic carbocycles. The molecule has 0 unspecified atom stereocenters. The van der Waals surface area contributed by atoms with E-state index in [9.17, 15) is 4.79 Å². The maximum absolute atomic E-state index is 11.4. The van der Waals surface area contributed by atoms with Crippen LogP contribution in [0.2, 0.25) is 0 Å². The Morgan fingerprint density at radius 2 is 2.07 bits per heavy atom. The van der Waals surface area contributed by atoms with Crippen molar-refractivity contribution >= 4 is 18.0 Å². The van der Waals surface area contributed by atoms with Gasteiger partial charge < -0.3 is 5.73 Å². The minimum Gasteiger partial charge on any atom is -0.367 e. The van der Waals surface area contributed by atoms with Crippen molar-refractivity contribution in [1.29, 1.82) is 5.26 Å². The van der Waals surface area contributed by atoms with Gasteiger partial charge in [0.1, 0.15) is 0 Å². The summed E-state index contributed by atoms with van der Waals surface area (Å²) in [5.74, 6) is -0.520. The van der Waals surface area contributed by atoms with E-state index in [1.165, 1.54) is 6.19 Å². The van der Waals surface area contributed by atoms with Crippen molar-refractivity contribution in [2.45, 2.75) is 0 Å². The molecule has 0 aliphatic heterocycles. The molecule has 15 heavy (non-hydrogen) atoms. The third kappa shape index (κ3) is 3.40. The van der Waals surface area contributed by atoms with E-state index in [-0.39, 0.29) is 11.7 Å². The van der Waals surface area contributed by atoms with Crippen LogP contribution in [0.3, 0.4) is 0 Å². The lowest BCUT2D eigenvalue weighted by Gasteiger charge is -1.92. The number of aliphatic imine (C=N–C) groups is 2. The molecule has 1 rings (SSSR count). The summed E-state index contributed by atoms with van der Waals surface area (Å²) in [6, 6.07) is 8.61. The summed E-state index contributed by atoms with van der Waals surface area (Å²) in [6.45, 7) is 0. The van der Waals surface area contributed by atoms with Crippen molar-refractivity contribution in [3.63, 3.8) is 0 Å². The molecule has 0 fully saturated rings. The third-order valence-corrected chi connectivity index (χ3v) is 1.54. The second-order valence-electron chi connectivity index (χ2n) is 2.56. The van der Waals surface area contributed by atoms with Crippen molar-refractivity contribution in [1.82, 2.24) is 0 Å². The van der Waals surface area contributed by atoms with E-state index in [1.807, 2.05) is 0 Å². The molecular formula is C10H8N4O. The largest absolute Gasteiger partial charge is 0.367 e. The SMILES string of the molecule is N#CN=C(N)N=CC(=O)c1ccccc1. The van der Waals surface area contributed by atoms with Crippen molar-refractivity contribution in [3.8, 4) is 6.19 Å². The number of hydrogen-bond donors (Lipinski definition) is 1. The minimum absolute atomic E-state index is 0.234. The van der Waals surface area contributed by atoms with Gasteiger partial charge in [-0.2, -0.15) is 5.26 Å². The summed E-state index contributed by atoms with van der Waals surface area (Å²) in [5.41, 5.74) is 5.69. The predicted octanol–water partition coefficient (Wildman–Crippen LogP) is 0.736. The van der Waals surface area contributed by atoms with E-state index in [4.69, 9.17) is 11.0 Å². The molecule has 0 heterocycles. The zero-order valence-electron chi connectivity index (χ0n) is 7.79. The van der Waals surface area contributed by atoms with Gasteiger partial charge in [0.15, 0.2) is 0 Å². The summed E-state index contributed by atoms with van der Waals surface area (Å²) in [6.07, 6.45) is 2.50. The Morgan fingerprint density at radius 1 is 1.40 bits per heavy atom. The molecule has 0 saturated carbocycles. The van der Waals surface area contributed by atoms with Crippen LogP contribution in [0, 0.1) is 11.5 Å². The Labute approximate surface area is 86.6 Å². The van der Waals surface area contributed by atoms with Crippen LogP contribution >= 0.6 is 0 Å². The number of nitriles is 1. The summed E-state index contributed by atoms with van der Waals surface area (Å²) in [7, 11) is 0. The molecule has 0 aliphatic carbocycles. The van der Waals surface area contributed by atoms with Gasteiger partial charge in [-0.1, -0.05) is 30.3 Å². The van der Waals surface area contributed by atoms with Gasteiger partial charge >= 0.3 is 0 Å². The number of Topliss-reactive ketones (excluding diaryl/α,β-unsaturated/α-hetero) is 1. The number of guanidine groups is 1. The van der Waals surface area contributed by atoms with Gasteiger partial charge in [-0.3, -0.25) is 4.79 Å². The van der Waals surface area contributed by atoms with Crippen molar-refractivity contribution in [2.75, 3.05) is 0 Å². The fraction of sp³-hybridized carbons (Fsp3) is 0. The van der Waals surface area contributed by atoms with Gasteiger partial charge in [-0.25, -0.2) is 4.99 Å². The smallest absolute Gasteiger partial charge is 0.231 e. The van der Waals surface area contributed by atoms with Crippen LogP contribution in [-0.2, 0) is 0 Å². The standard InChI is InChI=1S/C10H8N4O/c11-7-14-10(12)13-6-9(15)8-4-2-1-3-5-8/h1-6H,(H2,12,14). The highest BCUT2D eigenvalue weighted by atomic mass is 16.1. The molecule has 2 N–H and O–H groups in total. The average Bonchev–Trinajstić information content (AvgIpc) is 2.27. The topological polar surface area (TPSA) is 91.6 Å². The van der Waals surface area contributed by atoms with Crippen LogP contribution in [0.1, 0.15) is 10.4 Å². The molecule has 0 aliphatic rings. The number of carbonyl (C=O) groups is 1. The predicted molar refractivity (Wildman–Crippen MR) is 56.5 cm³/mol. The molecule has 0 bridgehead atoms. The monoisotopic (exact) mass is 200 g/mol. The number of rotatable bonds is 2. The van der Waals surface area contributed by atoms with E-state index in [2.05, 4.69) is 9.98 Å². The van der Waals surface area contributed by atoms with Gasteiger partial charge in [0.05, 0.1) is 6.21 Å². The summed E-state index contributed by atoms with van der Waals surface area (Å²) >= 11 is 0. The molecule has 0 radical (unpaired) electrons. The van der Waals surface area contributed by atoms with Crippen molar-refractivity contribution < 1.29 is 4.79 Å². The zero-order chi connectivity index (χ0) is 11.1. The maximum atomic E-state index is 11.4. The molecule has 0 spiro atoms. The summed E-state index contributed by atoms with van der Waals surface area (Å²) in [5, 5.41) is 8.14. The van der Waals surface area contributed by atoms with E-state index in [0.717, 1.165) is 6.21 Å². The lowest BCUT2D eigenvalue weighted by molar-refractivity contribution is 0.107. The molecule has 0 aromatic heterocycles. The highest BCUT2D eigenvalue weighted by Gasteiger charge is 2.00. The van der Waals surface area contributed by atoms with E-state index < -0.39 is 0 Å². The molecule has 1 aromatic rings. The highest BCUT2D eigenvalue weighted by molar-refractivity contribution is 6.36. The lowest BCUT2D eigenvalue weighted by atomic mass is 10.1. The Kier molecular flexibility index (Phi) is 3.74. The number of benzene rings is 1. The molecule has 0 saturated heterocycles. The van der Waals surface area contributed by atoms with E-state index in [0.29, 0.717) is 5.56 Å². The van der Waals surface area contributed by atoms with E-state index in [1.54, 1.807) is 30.3 Å². The first-order valence-electron chi connectivity index (χ1n) is 4.09. The quantitative estimate of drug-likeness (QED) is 0.330. The molecule has 5 heteroatoms. The number of ketones is 1. The van der Waals surface area contributed by atoms with Crippen LogP contribution in [-0.4, -0.2) is 18.0 Å². The Bertz CT molecular complexity index is 442. The van der Waals surface area contributed by atoms with Crippen LogP contribution in [0.4, 0.5) is 0 Å². The van der Waals surface area contributed by atoms with Gasteiger partial charge in [-0.15, -0.1) is 4.99 Å². The molecule has 0 amide bonds. The molecular weight excluding hydrogens is 192 g/mol. The van der Waals surface area contributed by atoms with Crippen LogP contribution in [0.5, 0.6) is 0 Å². The fourth-order valence-corrected chi connectivity index (χ4v) is 0.882. The van der Waals surface area contributed by atoms with Gasteiger partial charge in [0.25, 0.3) is 0 Å². The first-order valence-corrected chi connectivity index (χ1v) is 4.09. The van der Waals surface area contributed by atoms with Gasteiger partial charge in [0.2, 0.25) is 17.9 Å². The summed E-state index contributed by atoms with van der Waals surface area (Å²) < 4.78 is 0. The zero-order valence-corrected chi connectivity index (χ0v) is 7.79. The van der Waals surface area contributed by atoms with Crippen molar-refractivity contribution in [2.24, 2.45) is 15.7 Å². The van der Waals surface area contributed by atoms with E-state index >= 15 is 0 Å². The number of carbonyl (C=O) groups excluding carboxylic acids is 1. The van der Waals surface area contributed by atoms with Crippen LogP contribution in [0.15, 0.2) is 40.3 Å². The molecule has 5 nitrogen and oxygen atoms in total. The second-order valence-corrected chi connectivity index (χ2v) is 2.56. The fourth-order valence-electron chi connectivity index (χ4n) is 0.882. The Balaban J connectivity index is 2.74. The average molecular weight is 200 g/mol. The number of nitrogens with two attached hydrogens (primary N) is 1. The maximum Gasteiger partial charge on any atom is 0.231 e. The minimum atomic E-state index is -0.285. The second kappa shape index (κ2) is 5.29. The molecule has 74 valence electrons. The third-order valence-electron chi connectivity index (χ3n) is 1.54. The van der Waals surface area contributed by atoms with Crippen molar-refractivity contribution in [3.05, 3.63) is 35.9 Å². The summed E-state index contributed by atoms with van der Waals surface area (Å²) in [4.78, 5) is 18.1. The lowest BCUT2D eigenvalue weighted by Crippen LogP contribution is -2.10. The van der Waals surface area contributed by atoms with Crippen LogP contribution in [0.25, 0.3) is 0 Å².